The van der Waals surface area contributed by atoms with Gasteiger partial charge in [-0.25, -0.2) is 13.7 Å². The lowest BCUT2D eigenvalue weighted by atomic mass is 10.1. The van der Waals surface area contributed by atoms with Gasteiger partial charge in [-0.2, -0.15) is 0 Å². The molecule has 0 aliphatic heterocycles. The highest BCUT2D eigenvalue weighted by Gasteiger charge is 2.05. The van der Waals surface area contributed by atoms with Gasteiger partial charge in [0.15, 0.2) is 0 Å². The molecule has 2 rings (SSSR count). The third-order valence-electron chi connectivity index (χ3n) is 2.64. The van der Waals surface area contributed by atoms with Crippen LogP contribution in [0.15, 0.2) is 53.4 Å². The van der Waals surface area contributed by atoms with E-state index in [1.54, 1.807) is 36.4 Å². The fraction of sp³-hybridized carbons (Fsp3) is 0.0714. The van der Waals surface area contributed by atoms with Crippen molar-refractivity contribution in [2.75, 3.05) is 0 Å². The van der Waals surface area contributed by atoms with Crippen molar-refractivity contribution >= 4 is 28.6 Å². The maximum atomic E-state index is 12.0. The second-order valence-electron chi connectivity index (χ2n) is 4.05. The molecule has 4 nitrogen and oxygen atoms in total. The highest BCUT2D eigenvalue weighted by molar-refractivity contribution is 7.83. The van der Waals surface area contributed by atoms with Gasteiger partial charge in [-0.05, 0) is 42.0 Å². The summed E-state index contributed by atoms with van der Waals surface area (Å²) in [4.78, 5) is 11.4. The lowest BCUT2D eigenvalue weighted by Crippen LogP contribution is -2.16. The molecule has 1 unspecified atom stereocenters. The van der Waals surface area contributed by atoms with E-state index in [9.17, 15) is 9.00 Å². The predicted molar refractivity (Wildman–Crippen MR) is 78.1 cm³/mol. The summed E-state index contributed by atoms with van der Waals surface area (Å²) in [6.07, 6.45) is 0. The van der Waals surface area contributed by atoms with E-state index in [0.717, 1.165) is 5.56 Å². The molecule has 0 amide bonds. The Morgan fingerprint density at radius 2 is 1.70 bits per heavy atom. The van der Waals surface area contributed by atoms with Gasteiger partial charge in [-0.1, -0.05) is 23.7 Å². The van der Waals surface area contributed by atoms with Gasteiger partial charge in [0.25, 0.3) is 0 Å². The molecule has 0 aromatic heterocycles. The van der Waals surface area contributed by atoms with E-state index in [4.69, 9.17) is 16.7 Å². The van der Waals surface area contributed by atoms with Crippen LogP contribution in [0.3, 0.4) is 0 Å². The van der Waals surface area contributed by atoms with Crippen LogP contribution in [0.4, 0.5) is 0 Å². The Bertz CT molecular complexity index is 626. The SMILES string of the molecule is O=C(O)c1ccc(CNS(=O)c2ccc(Cl)cc2)cc1. The van der Waals surface area contributed by atoms with Crippen molar-refractivity contribution < 1.29 is 14.1 Å². The molecule has 0 aliphatic rings. The second-order valence-corrected chi connectivity index (χ2v) is 5.78. The van der Waals surface area contributed by atoms with Crippen molar-refractivity contribution in [1.29, 1.82) is 0 Å². The van der Waals surface area contributed by atoms with Gasteiger partial charge in [-0.3, -0.25) is 0 Å². The molecule has 0 fully saturated rings. The Morgan fingerprint density at radius 3 is 2.25 bits per heavy atom. The van der Waals surface area contributed by atoms with Crippen LogP contribution >= 0.6 is 11.6 Å². The van der Waals surface area contributed by atoms with Gasteiger partial charge >= 0.3 is 5.97 Å². The summed E-state index contributed by atoms with van der Waals surface area (Å²) >= 11 is 5.76. The molecule has 0 bridgehead atoms. The third-order valence-corrected chi connectivity index (χ3v) is 3.99. The number of aromatic carboxylic acids is 1. The fourth-order valence-corrected chi connectivity index (χ4v) is 2.53. The minimum Gasteiger partial charge on any atom is -0.478 e. The van der Waals surface area contributed by atoms with Crippen LogP contribution in [0.2, 0.25) is 5.02 Å². The summed E-state index contributed by atoms with van der Waals surface area (Å²) < 4.78 is 14.8. The van der Waals surface area contributed by atoms with Crippen molar-refractivity contribution in [2.45, 2.75) is 11.4 Å². The molecular weight excluding hydrogens is 298 g/mol. The summed E-state index contributed by atoms with van der Waals surface area (Å²) in [7, 11) is -1.33. The average molecular weight is 310 g/mol. The van der Waals surface area contributed by atoms with E-state index < -0.39 is 17.0 Å². The number of hydrogen-bond donors (Lipinski definition) is 2. The molecule has 0 heterocycles. The smallest absolute Gasteiger partial charge is 0.335 e. The van der Waals surface area contributed by atoms with Crippen LogP contribution in [-0.2, 0) is 17.5 Å². The molecule has 2 aromatic rings. The molecule has 2 N–H and O–H groups in total. The van der Waals surface area contributed by atoms with Crippen LogP contribution in [-0.4, -0.2) is 15.3 Å². The van der Waals surface area contributed by atoms with Crippen molar-refractivity contribution in [2.24, 2.45) is 0 Å². The highest BCUT2D eigenvalue weighted by Crippen LogP contribution is 2.12. The minimum atomic E-state index is -1.33. The van der Waals surface area contributed by atoms with Gasteiger partial charge in [0.05, 0.1) is 10.5 Å². The largest absolute Gasteiger partial charge is 0.478 e. The van der Waals surface area contributed by atoms with Crippen LogP contribution in [0, 0.1) is 0 Å². The quantitative estimate of drug-likeness (QED) is 0.892. The number of carboxylic acids is 1. The zero-order valence-corrected chi connectivity index (χ0v) is 11.9. The van der Waals surface area contributed by atoms with E-state index in [-0.39, 0.29) is 5.56 Å². The summed E-state index contributed by atoms with van der Waals surface area (Å²) in [6.45, 7) is 0.384. The first-order valence-electron chi connectivity index (χ1n) is 5.79. The van der Waals surface area contributed by atoms with E-state index in [2.05, 4.69) is 4.72 Å². The molecule has 20 heavy (non-hydrogen) atoms. The van der Waals surface area contributed by atoms with Crippen LogP contribution in [0.5, 0.6) is 0 Å². The number of rotatable bonds is 5. The molecular formula is C14H12ClNO3S. The molecule has 104 valence electrons. The van der Waals surface area contributed by atoms with E-state index in [0.29, 0.717) is 16.5 Å². The number of carboxylic acid groups (broad SMARTS) is 1. The summed E-state index contributed by atoms with van der Waals surface area (Å²) in [5.41, 5.74) is 1.09. The van der Waals surface area contributed by atoms with Gasteiger partial charge in [0, 0.05) is 11.6 Å². The lowest BCUT2D eigenvalue weighted by molar-refractivity contribution is 0.0697. The zero-order valence-electron chi connectivity index (χ0n) is 10.4. The van der Waals surface area contributed by atoms with Crippen LogP contribution in [0.1, 0.15) is 15.9 Å². The van der Waals surface area contributed by atoms with Crippen molar-refractivity contribution in [3.63, 3.8) is 0 Å². The van der Waals surface area contributed by atoms with E-state index in [1.807, 2.05) is 0 Å². The van der Waals surface area contributed by atoms with Crippen molar-refractivity contribution in [3.8, 4) is 0 Å². The standard InChI is InChI=1S/C14H12ClNO3S/c15-12-5-7-13(8-6-12)20(19)16-9-10-1-3-11(4-2-10)14(17)18/h1-8,16H,9H2,(H,17,18). The first kappa shape index (κ1) is 14.7. The minimum absolute atomic E-state index is 0.229. The number of carbonyl (C=O) groups is 1. The topological polar surface area (TPSA) is 66.4 Å². The molecule has 2 aromatic carbocycles. The average Bonchev–Trinajstić information content (AvgIpc) is 2.46. The molecule has 0 saturated heterocycles. The molecule has 1 atom stereocenters. The Balaban J connectivity index is 1.96. The van der Waals surface area contributed by atoms with Crippen LogP contribution in [0.25, 0.3) is 0 Å². The van der Waals surface area contributed by atoms with E-state index >= 15 is 0 Å². The molecule has 0 saturated carbocycles. The monoisotopic (exact) mass is 309 g/mol. The first-order chi connectivity index (χ1) is 9.56. The molecule has 6 heteroatoms. The van der Waals surface area contributed by atoms with Crippen LogP contribution < -0.4 is 4.72 Å². The summed E-state index contributed by atoms with van der Waals surface area (Å²) in [5, 5.41) is 9.38. The second kappa shape index (κ2) is 6.65. The first-order valence-corrected chi connectivity index (χ1v) is 7.32. The maximum absolute atomic E-state index is 12.0. The Labute approximate surface area is 124 Å². The number of hydrogen-bond acceptors (Lipinski definition) is 2. The number of halogens is 1. The summed E-state index contributed by atoms with van der Waals surface area (Å²) in [5.74, 6) is -0.964. The number of nitrogens with one attached hydrogen (secondary N) is 1. The Kier molecular flexibility index (Phi) is 4.89. The summed E-state index contributed by atoms with van der Waals surface area (Å²) in [6, 6.07) is 13.2. The zero-order chi connectivity index (χ0) is 14.5. The van der Waals surface area contributed by atoms with E-state index in [1.165, 1.54) is 12.1 Å². The fourth-order valence-electron chi connectivity index (χ4n) is 1.56. The lowest BCUT2D eigenvalue weighted by Gasteiger charge is -2.05. The van der Waals surface area contributed by atoms with Gasteiger partial charge < -0.3 is 5.11 Å². The van der Waals surface area contributed by atoms with Crippen molar-refractivity contribution in [3.05, 3.63) is 64.7 Å². The molecule has 0 aliphatic carbocycles. The molecule has 0 spiro atoms. The normalized spacial score (nSPS) is 12.1. The molecule has 0 radical (unpaired) electrons. The van der Waals surface area contributed by atoms with Gasteiger partial charge in [-0.15, -0.1) is 0 Å². The van der Waals surface area contributed by atoms with Gasteiger partial charge in [0.1, 0.15) is 11.0 Å². The third kappa shape index (κ3) is 3.90. The van der Waals surface area contributed by atoms with Crippen molar-refractivity contribution in [1.82, 2.24) is 4.72 Å². The maximum Gasteiger partial charge on any atom is 0.335 e. The predicted octanol–water partition coefficient (Wildman–Crippen LogP) is 2.85. The Hall–Kier alpha value is -1.69. The van der Waals surface area contributed by atoms with Gasteiger partial charge in [0.2, 0.25) is 0 Å². The highest BCUT2D eigenvalue weighted by atomic mass is 35.5. The Morgan fingerprint density at radius 1 is 1.10 bits per heavy atom. The number of benzene rings is 2.